The monoisotopic (exact) mass is 343 g/mol. The van der Waals surface area contributed by atoms with Gasteiger partial charge in [-0.2, -0.15) is 0 Å². The number of benzene rings is 2. The van der Waals surface area contributed by atoms with E-state index in [1.165, 1.54) is 25.3 Å². The highest BCUT2D eigenvalue weighted by atomic mass is 16.6. The van der Waals surface area contributed by atoms with Crippen molar-refractivity contribution in [1.82, 2.24) is 0 Å². The normalized spacial score (nSPS) is 10.2. The Bertz CT molecular complexity index is 755. The second kappa shape index (κ2) is 8.14. The zero-order valence-corrected chi connectivity index (χ0v) is 14.5. The van der Waals surface area contributed by atoms with Gasteiger partial charge in [-0.15, -0.1) is 0 Å². The molecule has 7 nitrogen and oxygen atoms in total. The summed E-state index contributed by atoms with van der Waals surface area (Å²) in [5.74, 6) is -0.181. The number of nitro benzene ring substituents is 1. The van der Waals surface area contributed by atoms with Crippen LogP contribution in [0.25, 0.3) is 0 Å². The molecule has 0 atom stereocenters. The van der Waals surface area contributed by atoms with Crippen molar-refractivity contribution in [2.45, 2.75) is 13.8 Å². The molecule has 0 aliphatic heterocycles. The van der Waals surface area contributed by atoms with Gasteiger partial charge in [0.05, 0.1) is 17.6 Å². The topological polar surface area (TPSA) is 84.7 Å². The molecular weight excluding hydrogens is 322 g/mol. The molecule has 0 unspecified atom stereocenters. The van der Waals surface area contributed by atoms with Gasteiger partial charge in [0, 0.05) is 36.6 Å². The van der Waals surface area contributed by atoms with Gasteiger partial charge >= 0.3 is 0 Å². The van der Waals surface area contributed by atoms with Crippen molar-refractivity contribution in [1.29, 1.82) is 0 Å². The number of methoxy groups -OCH3 is 1. The Morgan fingerprint density at radius 2 is 1.80 bits per heavy atom. The molecule has 2 aromatic carbocycles. The molecule has 2 aromatic rings. The molecule has 0 heterocycles. The van der Waals surface area contributed by atoms with Crippen LogP contribution in [-0.2, 0) is 0 Å². The number of nitro groups is 1. The Balaban J connectivity index is 2.22. The molecule has 25 heavy (non-hydrogen) atoms. The lowest BCUT2D eigenvalue weighted by Crippen LogP contribution is -2.21. The lowest BCUT2D eigenvalue weighted by atomic mass is 10.1. The molecule has 7 heteroatoms. The third-order valence-electron chi connectivity index (χ3n) is 3.89. The van der Waals surface area contributed by atoms with Crippen LogP contribution in [0.2, 0.25) is 0 Å². The number of non-ortho nitro benzene ring substituents is 1. The summed E-state index contributed by atoms with van der Waals surface area (Å²) in [4.78, 5) is 25.0. The standard InChI is InChI=1S/C18H21N3O4/c1-4-20(5-2)14-8-6-13(7-9-14)19-18(22)16-12-15(21(23)24)10-11-17(16)25-3/h6-12H,4-5H2,1-3H3,(H,19,22). The van der Waals surface area contributed by atoms with Crippen LogP contribution in [0.15, 0.2) is 42.5 Å². The molecule has 0 fully saturated rings. The maximum atomic E-state index is 12.5. The average Bonchev–Trinajstić information content (AvgIpc) is 2.63. The highest BCUT2D eigenvalue weighted by Crippen LogP contribution is 2.25. The highest BCUT2D eigenvalue weighted by molar-refractivity contribution is 6.06. The van der Waals surface area contributed by atoms with Crippen LogP contribution in [0.5, 0.6) is 5.75 Å². The van der Waals surface area contributed by atoms with E-state index in [4.69, 9.17) is 4.74 Å². The SMILES string of the molecule is CCN(CC)c1ccc(NC(=O)c2cc([N+](=O)[O-])ccc2OC)cc1. The van der Waals surface area contributed by atoms with E-state index in [0.29, 0.717) is 5.69 Å². The van der Waals surface area contributed by atoms with E-state index < -0.39 is 10.8 Å². The molecule has 2 rings (SSSR count). The lowest BCUT2D eigenvalue weighted by Gasteiger charge is -2.21. The average molecular weight is 343 g/mol. The molecule has 1 N–H and O–H groups in total. The van der Waals surface area contributed by atoms with Crippen molar-refractivity contribution in [3.8, 4) is 5.75 Å². The van der Waals surface area contributed by atoms with Crippen molar-refractivity contribution in [2.75, 3.05) is 30.4 Å². The summed E-state index contributed by atoms with van der Waals surface area (Å²) in [6.45, 7) is 5.95. The van der Waals surface area contributed by atoms with Gasteiger partial charge < -0.3 is 15.0 Å². The molecule has 0 saturated heterocycles. The van der Waals surface area contributed by atoms with Crippen LogP contribution in [0.4, 0.5) is 17.1 Å². The minimum Gasteiger partial charge on any atom is -0.496 e. The molecule has 0 aliphatic carbocycles. The zero-order valence-electron chi connectivity index (χ0n) is 14.5. The number of carbonyl (C=O) groups is 1. The number of anilines is 2. The molecule has 0 radical (unpaired) electrons. The van der Waals surface area contributed by atoms with Crippen LogP contribution in [0.3, 0.4) is 0 Å². The van der Waals surface area contributed by atoms with Crippen molar-refractivity contribution >= 4 is 23.0 Å². The fourth-order valence-electron chi connectivity index (χ4n) is 2.53. The van der Waals surface area contributed by atoms with E-state index in [2.05, 4.69) is 24.1 Å². The molecule has 1 amide bonds. The van der Waals surface area contributed by atoms with Crippen molar-refractivity contribution in [3.63, 3.8) is 0 Å². The first kappa shape index (κ1) is 18.3. The van der Waals surface area contributed by atoms with Gasteiger partial charge in [0.1, 0.15) is 5.75 Å². The Kier molecular flexibility index (Phi) is 5.94. The number of nitrogens with one attached hydrogen (secondary N) is 1. The summed E-state index contributed by atoms with van der Waals surface area (Å²) < 4.78 is 5.13. The van der Waals surface area contributed by atoms with Crippen molar-refractivity contribution in [2.24, 2.45) is 0 Å². The zero-order chi connectivity index (χ0) is 18.4. The fraction of sp³-hybridized carbons (Fsp3) is 0.278. The summed E-state index contributed by atoms with van der Waals surface area (Å²) in [6, 6.07) is 11.4. The third-order valence-corrected chi connectivity index (χ3v) is 3.89. The van der Waals surface area contributed by atoms with Crippen LogP contribution in [-0.4, -0.2) is 31.0 Å². The Labute approximate surface area is 146 Å². The quantitative estimate of drug-likeness (QED) is 0.612. The molecule has 0 bridgehead atoms. The van der Waals surface area contributed by atoms with Gasteiger partial charge in [0.25, 0.3) is 11.6 Å². The van der Waals surface area contributed by atoms with Gasteiger partial charge in [0.15, 0.2) is 0 Å². The first-order valence-corrected chi connectivity index (χ1v) is 7.98. The minimum atomic E-state index is -0.547. The lowest BCUT2D eigenvalue weighted by molar-refractivity contribution is -0.384. The second-order valence-corrected chi connectivity index (χ2v) is 5.31. The maximum absolute atomic E-state index is 12.5. The van der Waals surface area contributed by atoms with Crippen molar-refractivity contribution in [3.05, 3.63) is 58.1 Å². The molecule has 0 spiro atoms. The number of ether oxygens (including phenoxy) is 1. The van der Waals surface area contributed by atoms with Gasteiger partial charge in [-0.25, -0.2) is 0 Å². The molecule has 0 saturated carbocycles. The van der Waals surface area contributed by atoms with Crippen LogP contribution < -0.4 is 15.0 Å². The Morgan fingerprint density at radius 3 is 2.32 bits per heavy atom. The first-order valence-electron chi connectivity index (χ1n) is 7.98. The van der Waals surface area contributed by atoms with Gasteiger partial charge in [-0.05, 0) is 44.2 Å². The van der Waals surface area contributed by atoms with E-state index in [-0.39, 0.29) is 17.0 Å². The summed E-state index contributed by atoms with van der Waals surface area (Å²) in [5, 5.41) is 13.7. The Morgan fingerprint density at radius 1 is 1.16 bits per heavy atom. The molecule has 0 aromatic heterocycles. The van der Waals surface area contributed by atoms with E-state index >= 15 is 0 Å². The van der Waals surface area contributed by atoms with Crippen LogP contribution in [0, 0.1) is 10.1 Å². The fourth-order valence-corrected chi connectivity index (χ4v) is 2.53. The Hall–Kier alpha value is -3.09. The second-order valence-electron chi connectivity index (χ2n) is 5.31. The van der Waals surface area contributed by atoms with E-state index in [0.717, 1.165) is 18.8 Å². The number of carbonyl (C=O) groups excluding carboxylic acids is 1. The van der Waals surface area contributed by atoms with Crippen molar-refractivity contribution < 1.29 is 14.5 Å². The summed E-state index contributed by atoms with van der Waals surface area (Å²) in [5.41, 5.74) is 1.62. The number of hydrogen-bond acceptors (Lipinski definition) is 5. The summed E-state index contributed by atoms with van der Waals surface area (Å²) >= 11 is 0. The number of rotatable bonds is 7. The van der Waals surface area contributed by atoms with Crippen LogP contribution in [0.1, 0.15) is 24.2 Å². The van der Waals surface area contributed by atoms with Gasteiger partial charge in [-0.3, -0.25) is 14.9 Å². The highest BCUT2D eigenvalue weighted by Gasteiger charge is 2.17. The van der Waals surface area contributed by atoms with Gasteiger partial charge in [0.2, 0.25) is 0 Å². The predicted octanol–water partition coefficient (Wildman–Crippen LogP) is 3.70. The predicted molar refractivity (Wildman–Crippen MR) is 97.6 cm³/mol. The van der Waals surface area contributed by atoms with Crippen LogP contribution >= 0.6 is 0 Å². The van der Waals surface area contributed by atoms with E-state index in [1.807, 2.05) is 12.1 Å². The summed E-state index contributed by atoms with van der Waals surface area (Å²) in [7, 11) is 1.41. The largest absolute Gasteiger partial charge is 0.496 e. The smallest absolute Gasteiger partial charge is 0.270 e. The van der Waals surface area contributed by atoms with E-state index in [9.17, 15) is 14.9 Å². The third kappa shape index (κ3) is 4.26. The van der Waals surface area contributed by atoms with Gasteiger partial charge in [-0.1, -0.05) is 0 Å². The molecule has 0 aliphatic rings. The molecule has 132 valence electrons. The maximum Gasteiger partial charge on any atom is 0.270 e. The number of hydrogen-bond donors (Lipinski definition) is 1. The van der Waals surface area contributed by atoms with E-state index in [1.54, 1.807) is 12.1 Å². The minimum absolute atomic E-state index is 0.115. The number of amides is 1. The molecular formula is C18H21N3O4. The number of nitrogens with zero attached hydrogens (tertiary/aromatic N) is 2. The summed E-state index contributed by atoms with van der Waals surface area (Å²) in [6.07, 6.45) is 0. The first-order chi connectivity index (χ1) is 12.0.